The monoisotopic (exact) mass is 921 g/mol. The fourth-order valence-electron chi connectivity index (χ4n) is 8.05. The molecule has 1 unspecified atom stereocenters. The van der Waals surface area contributed by atoms with Gasteiger partial charge in [0.05, 0.1) is 13.0 Å². The molecule has 382 valence electrons. The Balaban J connectivity index is 4.34. The first-order valence-electron chi connectivity index (χ1n) is 28.5. The first-order chi connectivity index (χ1) is 32.6. The van der Waals surface area contributed by atoms with Gasteiger partial charge in [0.15, 0.2) is 6.10 Å². The van der Waals surface area contributed by atoms with E-state index in [0.717, 1.165) is 64.2 Å². The standard InChI is InChI=1S/C61H108O5/c1-4-7-10-13-16-19-22-25-28-30-32-35-38-41-44-47-50-53-56-64-57-59(66-61(63)55-52-49-46-43-40-37-33-27-24-21-18-15-12-9-6-3)58-65-60(62)54-51-48-45-42-39-36-34-31-29-26-23-20-17-14-11-8-5-2/h9,12,18,21,26-27,29,33,40,43,49,52,59H,4-8,10-11,13-17,19-20,22-25,28,30-32,34-39,41-42,44-48,50-51,53-58H2,1-3H3/b12-9-,21-18-,29-26-,33-27-,43-40-,52-49-. The Kier molecular flexibility index (Phi) is 54.4. The van der Waals surface area contributed by atoms with Gasteiger partial charge in [0.25, 0.3) is 0 Å². The Morgan fingerprint density at radius 3 is 1.15 bits per heavy atom. The Morgan fingerprint density at radius 1 is 0.364 bits per heavy atom. The van der Waals surface area contributed by atoms with Crippen molar-refractivity contribution in [2.24, 2.45) is 0 Å². The molecular formula is C61H108O5. The number of rotatable bonds is 52. The van der Waals surface area contributed by atoms with Crippen LogP contribution in [0.2, 0.25) is 0 Å². The SMILES string of the molecule is CC/C=C\C/C=C\C/C=C\C/C=C\C/C=C\CC(=O)OC(COCCCCCCCCCCCCCCCCCCCC)COC(=O)CCCCCCCCC/C=C\CCCCCCCC. The van der Waals surface area contributed by atoms with Crippen molar-refractivity contribution in [1.29, 1.82) is 0 Å². The minimum atomic E-state index is -0.592. The van der Waals surface area contributed by atoms with Crippen molar-refractivity contribution in [1.82, 2.24) is 0 Å². The summed E-state index contributed by atoms with van der Waals surface area (Å²) in [5.41, 5.74) is 0. The fraction of sp³-hybridized carbons (Fsp3) is 0.770. The van der Waals surface area contributed by atoms with Crippen LogP contribution in [0.1, 0.15) is 278 Å². The molecule has 0 N–H and O–H groups in total. The van der Waals surface area contributed by atoms with E-state index >= 15 is 0 Å². The third-order valence-electron chi connectivity index (χ3n) is 12.3. The van der Waals surface area contributed by atoms with Crippen LogP contribution in [0.4, 0.5) is 0 Å². The highest BCUT2D eigenvalue weighted by Crippen LogP contribution is 2.16. The summed E-state index contributed by atoms with van der Waals surface area (Å²) in [6.45, 7) is 7.64. The second-order valence-electron chi connectivity index (χ2n) is 18.8. The Morgan fingerprint density at radius 2 is 0.727 bits per heavy atom. The fourth-order valence-corrected chi connectivity index (χ4v) is 8.05. The minimum Gasteiger partial charge on any atom is -0.462 e. The van der Waals surface area contributed by atoms with Crippen molar-refractivity contribution in [2.45, 2.75) is 284 Å². The summed E-state index contributed by atoms with van der Waals surface area (Å²) in [4.78, 5) is 25.4. The molecule has 0 spiro atoms. The molecular weight excluding hydrogens is 813 g/mol. The van der Waals surface area contributed by atoms with E-state index in [1.165, 1.54) is 180 Å². The minimum absolute atomic E-state index is 0.0444. The summed E-state index contributed by atoms with van der Waals surface area (Å²) in [7, 11) is 0. The zero-order chi connectivity index (χ0) is 47.7. The van der Waals surface area contributed by atoms with Crippen LogP contribution >= 0.6 is 0 Å². The Labute approximate surface area is 410 Å². The van der Waals surface area contributed by atoms with Crippen LogP contribution in [-0.4, -0.2) is 37.9 Å². The molecule has 0 aliphatic heterocycles. The molecule has 0 amide bonds. The third-order valence-corrected chi connectivity index (χ3v) is 12.3. The topological polar surface area (TPSA) is 61.8 Å². The van der Waals surface area contributed by atoms with Gasteiger partial charge in [-0.25, -0.2) is 0 Å². The summed E-state index contributed by atoms with van der Waals surface area (Å²) >= 11 is 0. The van der Waals surface area contributed by atoms with E-state index in [4.69, 9.17) is 14.2 Å². The van der Waals surface area contributed by atoms with Crippen LogP contribution in [0.5, 0.6) is 0 Å². The van der Waals surface area contributed by atoms with Crippen LogP contribution in [-0.2, 0) is 23.8 Å². The number of carbonyl (C=O) groups is 2. The molecule has 0 radical (unpaired) electrons. The Bertz CT molecular complexity index is 1180. The van der Waals surface area contributed by atoms with Crippen LogP contribution < -0.4 is 0 Å². The van der Waals surface area contributed by atoms with Crippen LogP contribution in [0, 0.1) is 0 Å². The van der Waals surface area contributed by atoms with Crippen molar-refractivity contribution in [3.05, 3.63) is 72.9 Å². The van der Waals surface area contributed by atoms with E-state index in [1.54, 1.807) is 0 Å². The van der Waals surface area contributed by atoms with Gasteiger partial charge >= 0.3 is 11.9 Å². The summed E-state index contributed by atoms with van der Waals surface area (Å²) in [6.07, 6.45) is 73.8. The average molecular weight is 922 g/mol. The van der Waals surface area contributed by atoms with E-state index in [2.05, 4.69) is 81.5 Å². The van der Waals surface area contributed by atoms with Gasteiger partial charge in [-0.2, -0.15) is 0 Å². The van der Waals surface area contributed by atoms with Crippen molar-refractivity contribution in [2.75, 3.05) is 19.8 Å². The summed E-state index contributed by atoms with van der Waals surface area (Å²) < 4.78 is 17.4. The molecule has 5 heteroatoms. The second-order valence-corrected chi connectivity index (χ2v) is 18.8. The zero-order valence-electron chi connectivity index (χ0n) is 44.0. The number of unbranched alkanes of at least 4 members (excludes halogenated alkanes) is 30. The lowest BCUT2D eigenvalue weighted by atomic mass is 10.0. The number of carbonyl (C=O) groups excluding carboxylic acids is 2. The maximum absolute atomic E-state index is 12.8. The maximum atomic E-state index is 12.8. The van der Waals surface area contributed by atoms with E-state index in [9.17, 15) is 9.59 Å². The Hall–Kier alpha value is -2.66. The molecule has 0 aromatic rings. The molecule has 0 saturated heterocycles. The highest BCUT2D eigenvalue weighted by Gasteiger charge is 2.17. The highest BCUT2D eigenvalue weighted by molar-refractivity contribution is 5.71. The van der Waals surface area contributed by atoms with Gasteiger partial charge in [-0.3, -0.25) is 9.59 Å². The maximum Gasteiger partial charge on any atom is 0.310 e. The lowest BCUT2D eigenvalue weighted by Crippen LogP contribution is -2.29. The number of hydrogen-bond acceptors (Lipinski definition) is 5. The van der Waals surface area contributed by atoms with Crippen LogP contribution in [0.3, 0.4) is 0 Å². The smallest absolute Gasteiger partial charge is 0.310 e. The number of ether oxygens (including phenoxy) is 3. The summed E-state index contributed by atoms with van der Waals surface area (Å²) in [6, 6.07) is 0. The van der Waals surface area contributed by atoms with E-state index in [-0.39, 0.29) is 31.6 Å². The van der Waals surface area contributed by atoms with Gasteiger partial charge in [0.2, 0.25) is 0 Å². The molecule has 0 heterocycles. The van der Waals surface area contributed by atoms with Crippen molar-refractivity contribution in [3.8, 4) is 0 Å². The highest BCUT2D eigenvalue weighted by atomic mass is 16.6. The normalized spacial score (nSPS) is 12.7. The van der Waals surface area contributed by atoms with E-state index < -0.39 is 6.10 Å². The third kappa shape index (κ3) is 54.0. The van der Waals surface area contributed by atoms with Crippen LogP contribution in [0.25, 0.3) is 0 Å². The van der Waals surface area contributed by atoms with E-state index in [1.807, 2.05) is 12.2 Å². The molecule has 0 saturated carbocycles. The first-order valence-corrected chi connectivity index (χ1v) is 28.5. The molecule has 0 aromatic heterocycles. The first kappa shape index (κ1) is 63.3. The van der Waals surface area contributed by atoms with Crippen molar-refractivity contribution >= 4 is 11.9 Å². The number of esters is 2. The van der Waals surface area contributed by atoms with E-state index in [0.29, 0.717) is 13.0 Å². The van der Waals surface area contributed by atoms with Gasteiger partial charge < -0.3 is 14.2 Å². The predicted molar refractivity (Wildman–Crippen MR) is 288 cm³/mol. The summed E-state index contributed by atoms with van der Waals surface area (Å²) in [5, 5.41) is 0. The number of allylic oxidation sites excluding steroid dienone is 11. The predicted octanol–water partition coefficient (Wildman–Crippen LogP) is 19.5. The molecule has 0 rings (SSSR count). The average Bonchev–Trinajstić information content (AvgIpc) is 3.32. The van der Waals surface area contributed by atoms with Gasteiger partial charge in [0, 0.05) is 13.0 Å². The van der Waals surface area contributed by atoms with Gasteiger partial charge in [-0.05, 0) is 70.6 Å². The molecule has 1 atom stereocenters. The number of hydrogen-bond donors (Lipinski definition) is 0. The molecule has 0 fully saturated rings. The molecule has 5 nitrogen and oxygen atoms in total. The van der Waals surface area contributed by atoms with Gasteiger partial charge in [-0.1, -0.05) is 267 Å². The molecule has 66 heavy (non-hydrogen) atoms. The van der Waals surface area contributed by atoms with Gasteiger partial charge in [0.1, 0.15) is 6.61 Å². The van der Waals surface area contributed by atoms with Gasteiger partial charge in [-0.15, -0.1) is 0 Å². The van der Waals surface area contributed by atoms with Crippen molar-refractivity contribution < 1.29 is 23.8 Å². The molecule has 0 aliphatic rings. The van der Waals surface area contributed by atoms with Crippen LogP contribution in [0.15, 0.2) is 72.9 Å². The lowest BCUT2D eigenvalue weighted by Gasteiger charge is -2.18. The second kappa shape index (κ2) is 56.7. The zero-order valence-corrected chi connectivity index (χ0v) is 44.0. The molecule has 0 bridgehead atoms. The quantitative estimate of drug-likeness (QED) is 0.0346. The lowest BCUT2D eigenvalue weighted by molar-refractivity contribution is -0.162. The molecule has 0 aromatic carbocycles. The van der Waals surface area contributed by atoms with Crippen molar-refractivity contribution in [3.63, 3.8) is 0 Å². The molecule has 0 aliphatic carbocycles. The largest absolute Gasteiger partial charge is 0.462 e. The summed E-state index contributed by atoms with van der Waals surface area (Å²) in [5.74, 6) is -0.538.